The number of carbonyl (C=O) groups excluding carboxylic acids is 1. The first kappa shape index (κ1) is 17.4. The van der Waals surface area contributed by atoms with Crippen LogP contribution in [0.5, 0.6) is 17.2 Å². The zero-order valence-corrected chi connectivity index (χ0v) is 14.2. The lowest BCUT2D eigenvalue weighted by Crippen LogP contribution is -2.36. The number of ether oxygens (including phenoxy) is 3. The molecule has 0 bridgehead atoms. The van der Waals surface area contributed by atoms with Crippen molar-refractivity contribution in [3.05, 3.63) is 17.7 Å². The molecule has 1 aliphatic heterocycles. The molecule has 128 valence electrons. The molecule has 1 aromatic rings. The zero-order valence-electron chi connectivity index (χ0n) is 13.4. The van der Waals surface area contributed by atoms with E-state index in [2.05, 4.69) is 5.32 Å². The number of hydrogen-bond donors (Lipinski definition) is 1. The highest BCUT2D eigenvalue weighted by molar-refractivity contribution is 7.91. The van der Waals surface area contributed by atoms with Crippen molar-refractivity contribution in [3.63, 3.8) is 0 Å². The predicted octanol–water partition coefficient (Wildman–Crippen LogP) is 0.558. The Balaban J connectivity index is 2.09. The van der Waals surface area contributed by atoms with E-state index < -0.39 is 9.84 Å². The fourth-order valence-corrected chi connectivity index (χ4v) is 4.28. The first-order valence-corrected chi connectivity index (χ1v) is 8.99. The summed E-state index contributed by atoms with van der Waals surface area (Å²) in [6.45, 7) is 0. The molecule has 0 aromatic heterocycles. The number of amides is 1. The van der Waals surface area contributed by atoms with E-state index in [0.29, 0.717) is 29.2 Å². The summed E-state index contributed by atoms with van der Waals surface area (Å²) in [5.41, 5.74) is 0.692. The molecule has 1 fully saturated rings. The highest BCUT2D eigenvalue weighted by atomic mass is 32.2. The molecule has 0 aliphatic carbocycles. The first-order valence-electron chi connectivity index (χ1n) is 7.17. The van der Waals surface area contributed by atoms with Gasteiger partial charge in [0, 0.05) is 6.04 Å². The zero-order chi connectivity index (χ0) is 17.0. The second-order valence-corrected chi connectivity index (χ2v) is 7.61. The van der Waals surface area contributed by atoms with E-state index in [1.165, 1.54) is 21.3 Å². The van der Waals surface area contributed by atoms with Gasteiger partial charge >= 0.3 is 0 Å². The Morgan fingerprint density at radius 2 is 1.78 bits per heavy atom. The van der Waals surface area contributed by atoms with E-state index in [-0.39, 0.29) is 29.9 Å². The Labute approximate surface area is 135 Å². The normalized spacial score (nSPS) is 19.2. The van der Waals surface area contributed by atoms with Crippen LogP contribution in [0, 0.1) is 0 Å². The molecular weight excluding hydrogens is 322 g/mol. The molecule has 1 N–H and O–H groups in total. The van der Waals surface area contributed by atoms with Crippen LogP contribution in [0.4, 0.5) is 0 Å². The number of methoxy groups -OCH3 is 3. The number of carbonyl (C=O) groups is 1. The standard InChI is InChI=1S/C15H21NO6S/c1-20-12-6-10(7-13(21-2)15(12)22-3)8-14(17)16-11-4-5-23(18,19)9-11/h6-7,11H,4-5,8-9H2,1-3H3,(H,16,17)/t11-/m1/s1. The Morgan fingerprint density at radius 3 is 2.22 bits per heavy atom. The number of sulfone groups is 1. The molecule has 1 amide bonds. The van der Waals surface area contributed by atoms with Crippen molar-refractivity contribution in [3.8, 4) is 17.2 Å². The summed E-state index contributed by atoms with van der Waals surface area (Å²) in [6.07, 6.45) is 0.566. The summed E-state index contributed by atoms with van der Waals surface area (Å²) in [4.78, 5) is 12.1. The number of nitrogens with one attached hydrogen (secondary N) is 1. The molecule has 1 atom stereocenters. The first-order chi connectivity index (χ1) is 10.9. The molecule has 1 aliphatic rings. The second kappa shape index (κ2) is 7.08. The van der Waals surface area contributed by atoms with E-state index in [0.717, 1.165) is 0 Å². The Hall–Kier alpha value is -1.96. The van der Waals surface area contributed by atoms with Crippen molar-refractivity contribution in [2.24, 2.45) is 0 Å². The second-order valence-electron chi connectivity index (χ2n) is 5.38. The van der Waals surface area contributed by atoms with Gasteiger partial charge in [0.05, 0.1) is 39.3 Å². The SMILES string of the molecule is COc1cc(CC(=O)N[C@@H]2CCS(=O)(=O)C2)cc(OC)c1OC. The van der Waals surface area contributed by atoms with Gasteiger partial charge in [-0.1, -0.05) is 0 Å². The maximum Gasteiger partial charge on any atom is 0.224 e. The minimum Gasteiger partial charge on any atom is -0.493 e. The van der Waals surface area contributed by atoms with E-state index in [9.17, 15) is 13.2 Å². The van der Waals surface area contributed by atoms with Crippen LogP contribution in [0.25, 0.3) is 0 Å². The maximum atomic E-state index is 12.1. The highest BCUT2D eigenvalue weighted by Crippen LogP contribution is 2.38. The van der Waals surface area contributed by atoms with Gasteiger partial charge in [-0.15, -0.1) is 0 Å². The molecule has 0 spiro atoms. The van der Waals surface area contributed by atoms with Gasteiger partial charge in [-0.3, -0.25) is 4.79 Å². The van der Waals surface area contributed by atoms with Gasteiger partial charge in [-0.2, -0.15) is 0 Å². The minimum absolute atomic E-state index is 0.00793. The lowest BCUT2D eigenvalue weighted by Gasteiger charge is -2.15. The van der Waals surface area contributed by atoms with Crippen molar-refractivity contribution in [2.45, 2.75) is 18.9 Å². The topological polar surface area (TPSA) is 90.9 Å². The quantitative estimate of drug-likeness (QED) is 0.811. The van der Waals surface area contributed by atoms with Crippen molar-refractivity contribution >= 4 is 15.7 Å². The van der Waals surface area contributed by atoms with Crippen molar-refractivity contribution in [1.82, 2.24) is 5.32 Å². The summed E-state index contributed by atoms with van der Waals surface area (Å²) >= 11 is 0. The fraction of sp³-hybridized carbons (Fsp3) is 0.533. The van der Waals surface area contributed by atoms with Gasteiger partial charge in [0.25, 0.3) is 0 Å². The lowest BCUT2D eigenvalue weighted by molar-refractivity contribution is -0.121. The molecule has 0 unspecified atom stereocenters. The molecule has 1 aromatic carbocycles. The van der Waals surface area contributed by atoms with E-state index in [1.54, 1.807) is 12.1 Å². The molecule has 2 rings (SSSR count). The van der Waals surface area contributed by atoms with Gasteiger partial charge in [-0.25, -0.2) is 8.42 Å². The molecule has 23 heavy (non-hydrogen) atoms. The van der Waals surface area contributed by atoms with Gasteiger partial charge in [0.15, 0.2) is 21.3 Å². The van der Waals surface area contributed by atoms with Crippen LogP contribution in [0.1, 0.15) is 12.0 Å². The Bertz CT molecular complexity index is 660. The molecule has 1 saturated heterocycles. The van der Waals surface area contributed by atoms with Gasteiger partial charge in [0.1, 0.15) is 0 Å². The largest absolute Gasteiger partial charge is 0.493 e. The van der Waals surface area contributed by atoms with Crippen LogP contribution >= 0.6 is 0 Å². The summed E-state index contributed by atoms with van der Waals surface area (Å²) in [6, 6.07) is 3.09. The third-order valence-corrected chi connectivity index (χ3v) is 5.45. The third-order valence-electron chi connectivity index (χ3n) is 3.69. The van der Waals surface area contributed by atoms with Gasteiger partial charge in [-0.05, 0) is 24.1 Å². The number of benzene rings is 1. The monoisotopic (exact) mass is 343 g/mol. The average Bonchev–Trinajstić information content (AvgIpc) is 2.84. The molecule has 7 nitrogen and oxygen atoms in total. The number of hydrogen-bond acceptors (Lipinski definition) is 6. The molecule has 0 radical (unpaired) electrons. The van der Waals surface area contributed by atoms with Gasteiger partial charge < -0.3 is 19.5 Å². The molecule has 1 heterocycles. The fourth-order valence-electron chi connectivity index (χ4n) is 2.61. The van der Waals surface area contributed by atoms with Crippen LogP contribution < -0.4 is 19.5 Å². The van der Waals surface area contributed by atoms with Crippen molar-refractivity contribution < 1.29 is 27.4 Å². The van der Waals surface area contributed by atoms with Crippen LogP contribution in [0.15, 0.2) is 12.1 Å². The maximum absolute atomic E-state index is 12.1. The minimum atomic E-state index is -3.02. The molecule has 0 saturated carbocycles. The summed E-state index contributed by atoms with van der Waals surface area (Å²) in [5.74, 6) is 1.30. The lowest BCUT2D eigenvalue weighted by atomic mass is 10.1. The summed E-state index contributed by atoms with van der Waals surface area (Å²) in [5, 5.41) is 2.76. The van der Waals surface area contributed by atoms with Crippen molar-refractivity contribution in [1.29, 1.82) is 0 Å². The molecular formula is C15H21NO6S. The highest BCUT2D eigenvalue weighted by Gasteiger charge is 2.29. The van der Waals surface area contributed by atoms with Crippen LogP contribution in [0.3, 0.4) is 0 Å². The average molecular weight is 343 g/mol. The van der Waals surface area contributed by atoms with E-state index in [1.807, 2.05) is 0 Å². The predicted molar refractivity (Wildman–Crippen MR) is 85.0 cm³/mol. The van der Waals surface area contributed by atoms with Crippen LogP contribution in [0.2, 0.25) is 0 Å². The molecule has 8 heteroatoms. The smallest absolute Gasteiger partial charge is 0.224 e. The number of rotatable bonds is 6. The van der Waals surface area contributed by atoms with Crippen molar-refractivity contribution in [2.75, 3.05) is 32.8 Å². The van der Waals surface area contributed by atoms with E-state index >= 15 is 0 Å². The Morgan fingerprint density at radius 1 is 1.17 bits per heavy atom. The summed E-state index contributed by atoms with van der Waals surface area (Å²) < 4.78 is 38.6. The van der Waals surface area contributed by atoms with E-state index in [4.69, 9.17) is 14.2 Å². The van der Waals surface area contributed by atoms with Gasteiger partial charge in [0.2, 0.25) is 11.7 Å². The third kappa shape index (κ3) is 4.28. The van der Waals surface area contributed by atoms with Crippen LogP contribution in [-0.4, -0.2) is 53.2 Å². The summed E-state index contributed by atoms with van der Waals surface area (Å²) in [7, 11) is 1.50. The Kier molecular flexibility index (Phi) is 5.35. The van der Waals surface area contributed by atoms with Crippen LogP contribution in [-0.2, 0) is 21.1 Å².